The molecule has 1 aromatic heterocycles. The maximum absolute atomic E-state index is 12.6. The van der Waals surface area contributed by atoms with Crippen molar-refractivity contribution >= 4 is 35.3 Å². The van der Waals surface area contributed by atoms with Gasteiger partial charge in [0.15, 0.2) is 0 Å². The van der Waals surface area contributed by atoms with Gasteiger partial charge in [0, 0.05) is 37.1 Å². The summed E-state index contributed by atoms with van der Waals surface area (Å²) in [5, 5.41) is 14.0. The predicted molar refractivity (Wildman–Crippen MR) is 124 cm³/mol. The first-order valence-electron chi connectivity index (χ1n) is 10.9. The third-order valence-corrected chi connectivity index (χ3v) is 6.04. The van der Waals surface area contributed by atoms with E-state index in [4.69, 9.17) is 4.74 Å². The van der Waals surface area contributed by atoms with E-state index >= 15 is 0 Å². The Balaban J connectivity index is 1.74. The number of nitrogens with zero attached hydrogens (tertiary/aromatic N) is 4. The highest BCUT2D eigenvalue weighted by atomic mass is 16.6. The van der Waals surface area contributed by atoms with E-state index in [9.17, 15) is 24.5 Å². The lowest BCUT2D eigenvalue weighted by Crippen LogP contribution is -2.53. The van der Waals surface area contributed by atoms with Crippen molar-refractivity contribution in [3.63, 3.8) is 0 Å². The maximum Gasteiger partial charge on any atom is 0.331 e. The molecule has 3 heterocycles. The lowest BCUT2D eigenvalue weighted by atomic mass is 10.1. The fraction of sp³-hybridized carbons (Fsp3) is 0.348. The molecule has 1 N–H and O–H groups in total. The standard InChI is InChI=1S/C23H25N5O6/c1-4-26-22(30)18(21(29)24-23(26)31)12-16-11-14(2)27(15(16)3)17-5-6-19(20(13-17)28(32)33)25-7-9-34-10-8-25/h5-6,11-13H,4,7-10H2,1-3H3,(H,24,29,31)/b18-12+. The number of rotatable bonds is 5. The Hall–Kier alpha value is -3.99. The number of imide groups is 2. The molecule has 2 saturated heterocycles. The van der Waals surface area contributed by atoms with Crippen LogP contribution in [0.3, 0.4) is 0 Å². The second-order valence-electron chi connectivity index (χ2n) is 8.06. The van der Waals surface area contributed by atoms with Crippen LogP contribution in [0, 0.1) is 24.0 Å². The molecule has 2 aliphatic rings. The molecule has 1 aromatic carbocycles. The Labute approximate surface area is 195 Å². The topological polar surface area (TPSA) is 127 Å². The largest absolute Gasteiger partial charge is 0.378 e. The molecule has 0 bridgehead atoms. The zero-order valence-electron chi connectivity index (χ0n) is 19.2. The van der Waals surface area contributed by atoms with Crippen LogP contribution in [0.4, 0.5) is 16.2 Å². The Kier molecular flexibility index (Phi) is 6.20. The molecule has 0 radical (unpaired) electrons. The summed E-state index contributed by atoms with van der Waals surface area (Å²) in [6, 6.07) is 6.12. The van der Waals surface area contributed by atoms with Gasteiger partial charge in [0.25, 0.3) is 17.5 Å². The third-order valence-electron chi connectivity index (χ3n) is 6.04. The number of likely N-dealkylation sites (N-methyl/N-ethyl adjacent to an activating group) is 1. The molecule has 2 aromatic rings. The Bertz CT molecular complexity index is 1220. The van der Waals surface area contributed by atoms with Gasteiger partial charge < -0.3 is 14.2 Å². The average Bonchev–Trinajstić information content (AvgIpc) is 3.09. The van der Waals surface area contributed by atoms with Crippen molar-refractivity contribution in [3.05, 3.63) is 56.9 Å². The Morgan fingerprint density at radius 2 is 1.85 bits per heavy atom. The van der Waals surface area contributed by atoms with Crippen molar-refractivity contribution in [2.45, 2.75) is 20.8 Å². The summed E-state index contributed by atoms with van der Waals surface area (Å²) in [5.74, 6) is -1.42. The second-order valence-corrected chi connectivity index (χ2v) is 8.06. The number of barbiturate groups is 1. The van der Waals surface area contributed by atoms with Crippen LogP contribution in [-0.4, -0.2) is 65.1 Å². The molecule has 2 fully saturated rings. The number of hydrogen-bond acceptors (Lipinski definition) is 7. The number of benzene rings is 1. The quantitative estimate of drug-likeness (QED) is 0.309. The van der Waals surface area contributed by atoms with E-state index in [1.807, 2.05) is 22.5 Å². The highest BCUT2D eigenvalue weighted by Gasteiger charge is 2.35. The third kappa shape index (κ3) is 4.05. The zero-order valence-corrected chi connectivity index (χ0v) is 19.2. The van der Waals surface area contributed by atoms with Crippen LogP contribution in [0.5, 0.6) is 0 Å². The number of aromatic nitrogens is 1. The van der Waals surface area contributed by atoms with Gasteiger partial charge in [0.05, 0.1) is 23.8 Å². The first-order chi connectivity index (χ1) is 16.2. The van der Waals surface area contributed by atoms with Crippen LogP contribution in [-0.2, 0) is 14.3 Å². The fourth-order valence-corrected chi connectivity index (χ4v) is 4.34. The van der Waals surface area contributed by atoms with E-state index in [1.54, 1.807) is 26.0 Å². The summed E-state index contributed by atoms with van der Waals surface area (Å²) in [7, 11) is 0. The summed E-state index contributed by atoms with van der Waals surface area (Å²) in [6.45, 7) is 7.59. The van der Waals surface area contributed by atoms with Gasteiger partial charge in [-0.25, -0.2) is 4.79 Å². The zero-order chi connectivity index (χ0) is 24.6. The fourth-order valence-electron chi connectivity index (χ4n) is 4.34. The van der Waals surface area contributed by atoms with Crippen LogP contribution in [0.15, 0.2) is 29.8 Å². The number of ether oxygens (including phenoxy) is 1. The normalized spacial score (nSPS) is 18.0. The smallest absolute Gasteiger partial charge is 0.331 e. The molecular formula is C23H25N5O6. The number of morpholine rings is 1. The van der Waals surface area contributed by atoms with Gasteiger partial charge in [0.2, 0.25) is 0 Å². The number of anilines is 1. The van der Waals surface area contributed by atoms with Crippen molar-refractivity contribution in [2.75, 3.05) is 37.7 Å². The van der Waals surface area contributed by atoms with Gasteiger partial charge in [-0.15, -0.1) is 0 Å². The van der Waals surface area contributed by atoms with E-state index in [1.165, 1.54) is 12.1 Å². The van der Waals surface area contributed by atoms with Crippen molar-refractivity contribution in [1.82, 2.24) is 14.8 Å². The minimum absolute atomic E-state index is 0.00857. The number of hydrogen-bond donors (Lipinski definition) is 1. The lowest BCUT2D eigenvalue weighted by molar-refractivity contribution is -0.384. The monoisotopic (exact) mass is 467 g/mol. The number of carbonyl (C=O) groups excluding carboxylic acids is 3. The van der Waals surface area contributed by atoms with Gasteiger partial charge in [-0.1, -0.05) is 0 Å². The molecule has 0 unspecified atom stereocenters. The van der Waals surface area contributed by atoms with Crippen LogP contribution in [0.1, 0.15) is 23.9 Å². The Morgan fingerprint density at radius 3 is 2.50 bits per heavy atom. The number of urea groups is 1. The summed E-state index contributed by atoms with van der Waals surface area (Å²) < 4.78 is 7.18. The van der Waals surface area contributed by atoms with Gasteiger partial charge in [0.1, 0.15) is 11.3 Å². The number of nitro benzene ring substituents is 1. The molecule has 0 aliphatic carbocycles. The predicted octanol–water partition coefficient (Wildman–Crippen LogP) is 2.32. The summed E-state index contributed by atoms with van der Waals surface area (Å²) in [6.07, 6.45) is 1.45. The van der Waals surface area contributed by atoms with E-state index in [0.29, 0.717) is 48.9 Å². The second kappa shape index (κ2) is 9.10. The number of carbonyl (C=O) groups is 3. The summed E-state index contributed by atoms with van der Waals surface area (Å²) in [5.41, 5.74) is 3.04. The summed E-state index contributed by atoms with van der Waals surface area (Å²) in [4.78, 5) is 51.2. The molecular weight excluding hydrogens is 442 g/mol. The molecule has 2 aliphatic heterocycles. The lowest BCUT2D eigenvalue weighted by Gasteiger charge is -2.28. The Morgan fingerprint density at radius 1 is 1.15 bits per heavy atom. The van der Waals surface area contributed by atoms with E-state index < -0.39 is 22.8 Å². The SMILES string of the molecule is CCN1C(=O)NC(=O)/C(=C\c2cc(C)n(-c3ccc(N4CCOCC4)c([N+](=O)[O-])c3)c2C)C1=O. The first-order valence-corrected chi connectivity index (χ1v) is 10.9. The number of amides is 4. The van der Waals surface area contributed by atoms with E-state index in [2.05, 4.69) is 5.32 Å². The van der Waals surface area contributed by atoms with Crippen LogP contribution >= 0.6 is 0 Å². The van der Waals surface area contributed by atoms with E-state index in [0.717, 1.165) is 10.6 Å². The number of nitrogens with one attached hydrogen (secondary N) is 1. The number of nitro groups is 1. The molecule has 4 amide bonds. The van der Waals surface area contributed by atoms with Gasteiger partial charge in [-0.05, 0) is 50.6 Å². The minimum atomic E-state index is -0.755. The maximum atomic E-state index is 12.6. The van der Waals surface area contributed by atoms with E-state index in [-0.39, 0.29) is 17.8 Å². The molecule has 34 heavy (non-hydrogen) atoms. The highest BCUT2D eigenvalue weighted by Crippen LogP contribution is 2.33. The highest BCUT2D eigenvalue weighted by molar-refractivity contribution is 6.31. The van der Waals surface area contributed by atoms with Gasteiger partial charge in [-0.3, -0.25) is 29.9 Å². The van der Waals surface area contributed by atoms with Crippen molar-refractivity contribution in [1.29, 1.82) is 0 Å². The van der Waals surface area contributed by atoms with Crippen LogP contribution in [0.25, 0.3) is 11.8 Å². The molecule has 4 rings (SSSR count). The molecule has 0 atom stereocenters. The first kappa shape index (κ1) is 23.2. The molecule has 178 valence electrons. The van der Waals surface area contributed by atoms with Crippen LogP contribution in [0.2, 0.25) is 0 Å². The summed E-state index contributed by atoms with van der Waals surface area (Å²) >= 11 is 0. The average molecular weight is 467 g/mol. The van der Waals surface area contributed by atoms with Crippen molar-refractivity contribution in [3.8, 4) is 5.69 Å². The van der Waals surface area contributed by atoms with Gasteiger partial charge in [-0.2, -0.15) is 0 Å². The molecule has 0 spiro atoms. The minimum Gasteiger partial charge on any atom is -0.378 e. The number of aryl methyl sites for hydroxylation is 1. The molecule has 0 saturated carbocycles. The molecule has 11 heteroatoms. The van der Waals surface area contributed by atoms with Crippen molar-refractivity contribution in [2.24, 2.45) is 0 Å². The van der Waals surface area contributed by atoms with Gasteiger partial charge >= 0.3 is 6.03 Å². The molecule has 11 nitrogen and oxygen atoms in total. The van der Waals surface area contributed by atoms with Crippen LogP contribution < -0.4 is 10.2 Å². The van der Waals surface area contributed by atoms with Crippen molar-refractivity contribution < 1.29 is 24.0 Å².